The van der Waals surface area contributed by atoms with Crippen molar-refractivity contribution in [3.8, 4) is 6.07 Å². The van der Waals surface area contributed by atoms with E-state index in [0.29, 0.717) is 11.3 Å². The zero-order chi connectivity index (χ0) is 15.4. The maximum atomic E-state index is 12.2. The SMILES string of the molecule is CN(C(=O)Nc1cccc(C#N)c1)C1COCC1C(=O)O. The van der Waals surface area contributed by atoms with Crippen molar-refractivity contribution in [3.05, 3.63) is 29.8 Å². The molecule has 1 saturated heterocycles. The first-order valence-electron chi connectivity index (χ1n) is 6.37. The number of carbonyl (C=O) groups is 2. The number of carboxylic acids is 1. The van der Waals surface area contributed by atoms with Crippen molar-refractivity contribution in [2.24, 2.45) is 5.92 Å². The van der Waals surface area contributed by atoms with Gasteiger partial charge in [-0.1, -0.05) is 6.07 Å². The van der Waals surface area contributed by atoms with Crippen LogP contribution in [-0.2, 0) is 9.53 Å². The molecule has 7 heteroatoms. The number of amides is 2. The van der Waals surface area contributed by atoms with E-state index in [1.807, 2.05) is 6.07 Å². The van der Waals surface area contributed by atoms with Gasteiger partial charge in [-0.2, -0.15) is 5.26 Å². The molecule has 0 radical (unpaired) electrons. The molecule has 2 amide bonds. The lowest BCUT2D eigenvalue weighted by Crippen LogP contribution is -2.45. The van der Waals surface area contributed by atoms with E-state index in [1.54, 1.807) is 24.3 Å². The Bertz CT molecular complexity index is 596. The maximum absolute atomic E-state index is 12.2. The van der Waals surface area contributed by atoms with Gasteiger partial charge in [0.1, 0.15) is 5.92 Å². The number of nitrogens with zero attached hydrogens (tertiary/aromatic N) is 2. The summed E-state index contributed by atoms with van der Waals surface area (Å²) in [5, 5.41) is 20.6. The molecule has 0 aliphatic carbocycles. The van der Waals surface area contributed by atoms with E-state index >= 15 is 0 Å². The monoisotopic (exact) mass is 289 g/mol. The Morgan fingerprint density at radius 2 is 2.24 bits per heavy atom. The van der Waals surface area contributed by atoms with Crippen LogP contribution < -0.4 is 5.32 Å². The quantitative estimate of drug-likeness (QED) is 0.868. The highest BCUT2D eigenvalue weighted by atomic mass is 16.5. The lowest BCUT2D eigenvalue weighted by Gasteiger charge is -2.26. The zero-order valence-electron chi connectivity index (χ0n) is 11.4. The summed E-state index contributed by atoms with van der Waals surface area (Å²) in [6.07, 6.45) is 0. The fraction of sp³-hybridized carbons (Fsp3) is 0.357. The summed E-state index contributed by atoms with van der Waals surface area (Å²) in [4.78, 5) is 24.6. The first-order valence-corrected chi connectivity index (χ1v) is 6.37. The van der Waals surface area contributed by atoms with Crippen LogP contribution in [0.2, 0.25) is 0 Å². The van der Waals surface area contributed by atoms with E-state index in [4.69, 9.17) is 15.1 Å². The molecular formula is C14H15N3O4. The Labute approximate surface area is 121 Å². The van der Waals surface area contributed by atoms with Gasteiger partial charge in [0, 0.05) is 12.7 Å². The molecule has 2 unspecified atom stereocenters. The molecule has 2 N–H and O–H groups in total. The van der Waals surface area contributed by atoms with E-state index in [9.17, 15) is 9.59 Å². The summed E-state index contributed by atoms with van der Waals surface area (Å²) >= 11 is 0. The second-order valence-corrected chi connectivity index (χ2v) is 4.78. The third kappa shape index (κ3) is 3.30. The van der Waals surface area contributed by atoms with Gasteiger partial charge in [0.25, 0.3) is 0 Å². The van der Waals surface area contributed by atoms with Gasteiger partial charge in [-0.3, -0.25) is 4.79 Å². The highest BCUT2D eigenvalue weighted by Crippen LogP contribution is 2.20. The summed E-state index contributed by atoms with van der Waals surface area (Å²) in [5.74, 6) is -1.71. The number of rotatable bonds is 3. The molecule has 1 aromatic carbocycles. The Morgan fingerprint density at radius 3 is 2.90 bits per heavy atom. The number of nitriles is 1. The number of hydrogen-bond acceptors (Lipinski definition) is 4. The van der Waals surface area contributed by atoms with E-state index < -0.39 is 24.0 Å². The Balaban J connectivity index is 2.05. The molecule has 1 heterocycles. The van der Waals surface area contributed by atoms with Crippen LogP contribution in [0.25, 0.3) is 0 Å². The number of carbonyl (C=O) groups excluding carboxylic acids is 1. The van der Waals surface area contributed by atoms with Crippen molar-refractivity contribution >= 4 is 17.7 Å². The fourth-order valence-corrected chi connectivity index (χ4v) is 2.19. The number of nitrogens with one attached hydrogen (secondary N) is 1. The van der Waals surface area contributed by atoms with Gasteiger partial charge >= 0.3 is 12.0 Å². The molecule has 0 aromatic heterocycles. The Morgan fingerprint density at radius 1 is 1.48 bits per heavy atom. The number of ether oxygens (including phenoxy) is 1. The molecule has 2 rings (SSSR count). The van der Waals surface area contributed by atoms with Crippen molar-refractivity contribution < 1.29 is 19.4 Å². The molecule has 0 spiro atoms. The van der Waals surface area contributed by atoms with E-state index in [0.717, 1.165) is 0 Å². The van der Waals surface area contributed by atoms with Gasteiger partial charge in [-0.25, -0.2) is 4.79 Å². The first-order chi connectivity index (χ1) is 10.0. The minimum Gasteiger partial charge on any atom is -0.481 e. The van der Waals surface area contributed by atoms with Gasteiger partial charge < -0.3 is 20.1 Å². The van der Waals surface area contributed by atoms with Crippen LogP contribution in [0.15, 0.2) is 24.3 Å². The highest BCUT2D eigenvalue weighted by Gasteiger charge is 2.38. The largest absolute Gasteiger partial charge is 0.481 e. The van der Waals surface area contributed by atoms with E-state index in [2.05, 4.69) is 5.32 Å². The molecule has 110 valence electrons. The molecule has 1 fully saturated rings. The minimum absolute atomic E-state index is 0.0987. The van der Waals surface area contributed by atoms with Crippen LogP contribution in [0, 0.1) is 17.2 Å². The molecule has 1 aliphatic rings. The first kappa shape index (κ1) is 14.8. The van der Waals surface area contributed by atoms with Crippen LogP contribution in [0.4, 0.5) is 10.5 Å². The lowest BCUT2D eigenvalue weighted by atomic mass is 10.0. The van der Waals surface area contributed by atoms with Crippen LogP contribution in [0.3, 0.4) is 0 Å². The fourth-order valence-electron chi connectivity index (χ4n) is 2.19. The van der Waals surface area contributed by atoms with Crippen LogP contribution in [0.1, 0.15) is 5.56 Å². The Hall–Kier alpha value is -2.59. The standard InChI is InChI=1S/C14H15N3O4/c1-17(12-8-21-7-11(12)13(18)19)14(20)16-10-4-2-3-9(5-10)6-15/h2-5,11-12H,7-8H2,1H3,(H,16,20)(H,18,19). The second kappa shape index (κ2) is 6.24. The van der Waals surface area contributed by atoms with Crippen molar-refractivity contribution in [3.63, 3.8) is 0 Å². The zero-order valence-corrected chi connectivity index (χ0v) is 11.4. The van der Waals surface area contributed by atoms with Crippen molar-refractivity contribution in [2.45, 2.75) is 6.04 Å². The third-order valence-corrected chi connectivity index (χ3v) is 3.43. The molecule has 0 saturated carbocycles. The van der Waals surface area contributed by atoms with E-state index in [1.165, 1.54) is 11.9 Å². The molecule has 1 aromatic rings. The van der Waals surface area contributed by atoms with Crippen LogP contribution in [0.5, 0.6) is 0 Å². The summed E-state index contributed by atoms with van der Waals surface area (Å²) < 4.78 is 5.14. The molecule has 7 nitrogen and oxygen atoms in total. The van der Waals surface area contributed by atoms with Crippen LogP contribution in [-0.4, -0.2) is 48.3 Å². The number of benzene rings is 1. The number of hydrogen-bond donors (Lipinski definition) is 2. The summed E-state index contributed by atoms with van der Waals surface area (Å²) in [5.41, 5.74) is 0.916. The van der Waals surface area contributed by atoms with Gasteiger partial charge in [-0.15, -0.1) is 0 Å². The lowest BCUT2D eigenvalue weighted by molar-refractivity contribution is -0.142. The van der Waals surface area contributed by atoms with Gasteiger partial charge in [0.15, 0.2) is 0 Å². The third-order valence-electron chi connectivity index (χ3n) is 3.43. The van der Waals surface area contributed by atoms with Crippen molar-refractivity contribution in [2.75, 3.05) is 25.6 Å². The molecule has 1 aliphatic heterocycles. The van der Waals surface area contributed by atoms with Crippen LogP contribution >= 0.6 is 0 Å². The van der Waals surface area contributed by atoms with Gasteiger partial charge in [0.05, 0.1) is 30.9 Å². The number of likely N-dealkylation sites (N-methyl/N-ethyl adjacent to an activating group) is 1. The normalized spacial score (nSPS) is 20.6. The van der Waals surface area contributed by atoms with E-state index in [-0.39, 0.29) is 13.2 Å². The summed E-state index contributed by atoms with van der Waals surface area (Å²) in [6.45, 7) is 0.292. The number of urea groups is 1. The Kier molecular flexibility index (Phi) is 4.40. The number of aliphatic carboxylic acids is 1. The average molecular weight is 289 g/mol. The summed E-state index contributed by atoms with van der Waals surface area (Å²) in [6, 6.07) is 7.53. The maximum Gasteiger partial charge on any atom is 0.321 e. The summed E-state index contributed by atoms with van der Waals surface area (Å²) in [7, 11) is 1.53. The molecule has 21 heavy (non-hydrogen) atoms. The molecule has 0 bridgehead atoms. The predicted molar refractivity (Wildman–Crippen MR) is 73.7 cm³/mol. The smallest absolute Gasteiger partial charge is 0.321 e. The van der Waals surface area contributed by atoms with Crippen molar-refractivity contribution in [1.29, 1.82) is 5.26 Å². The van der Waals surface area contributed by atoms with Gasteiger partial charge in [0.2, 0.25) is 0 Å². The molecule has 2 atom stereocenters. The minimum atomic E-state index is -0.983. The topological polar surface area (TPSA) is 103 Å². The highest BCUT2D eigenvalue weighted by molar-refractivity contribution is 5.90. The molecular weight excluding hydrogens is 274 g/mol. The number of carboxylic acid groups (broad SMARTS) is 1. The predicted octanol–water partition coefficient (Wildman–Crippen LogP) is 1.12. The van der Waals surface area contributed by atoms with Crippen molar-refractivity contribution in [1.82, 2.24) is 4.90 Å². The number of anilines is 1. The second-order valence-electron chi connectivity index (χ2n) is 4.78. The van der Waals surface area contributed by atoms with Gasteiger partial charge in [-0.05, 0) is 18.2 Å². The average Bonchev–Trinajstić information content (AvgIpc) is 2.96.